The Morgan fingerprint density at radius 1 is 1.17 bits per heavy atom. The van der Waals surface area contributed by atoms with Crippen LogP contribution in [0, 0.1) is 12.7 Å². The lowest BCUT2D eigenvalue weighted by Gasteiger charge is -2.35. The van der Waals surface area contributed by atoms with Gasteiger partial charge in [0.05, 0.1) is 18.0 Å². The number of aryl methyl sites for hydroxylation is 2. The van der Waals surface area contributed by atoms with Crippen molar-refractivity contribution in [2.24, 2.45) is 12.8 Å². The van der Waals surface area contributed by atoms with Crippen molar-refractivity contribution in [2.75, 3.05) is 26.2 Å². The number of fused-ring (bicyclic) bond motifs is 1. The van der Waals surface area contributed by atoms with Gasteiger partial charge < -0.3 is 24.9 Å². The van der Waals surface area contributed by atoms with E-state index in [1.807, 2.05) is 30.9 Å². The molecule has 36 heavy (non-hydrogen) atoms. The van der Waals surface area contributed by atoms with Crippen molar-refractivity contribution in [1.29, 1.82) is 0 Å². The van der Waals surface area contributed by atoms with E-state index >= 15 is 0 Å². The first kappa shape index (κ1) is 24.0. The van der Waals surface area contributed by atoms with E-state index in [0.717, 1.165) is 36.4 Å². The molecule has 0 spiro atoms. The molecule has 1 aliphatic rings. The summed E-state index contributed by atoms with van der Waals surface area (Å²) < 4.78 is 22.8. The van der Waals surface area contributed by atoms with Crippen molar-refractivity contribution in [2.45, 2.75) is 25.9 Å². The zero-order chi connectivity index (χ0) is 25.2. The lowest BCUT2D eigenvalue weighted by Crippen LogP contribution is -2.53. The number of carbonyl (C=O) groups excluding carboxylic acids is 1. The van der Waals surface area contributed by atoms with Gasteiger partial charge in [0.1, 0.15) is 17.2 Å². The second kappa shape index (κ2) is 10.1. The molecule has 1 amide bonds. The summed E-state index contributed by atoms with van der Waals surface area (Å²) in [5.74, 6) is 1.01. The van der Waals surface area contributed by atoms with Crippen molar-refractivity contribution < 1.29 is 13.9 Å². The molecule has 188 valence electrons. The van der Waals surface area contributed by atoms with Gasteiger partial charge in [0.2, 0.25) is 5.91 Å². The number of imidazole rings is 1. The quantitative estimate of drug-likeness (QED) is 0.412. The number of carbonyl (C=O) groups is 1. The predicted molar refractivity (Wildman–Crippen MR) is 134 cm³/mol. The number of nitrogens with two attached hydrogens (primary N) is 1. The number of aromatic amines is 1. The summed E-state index contributed by atoms with van der Waals surface area (Å²) in [6.45, 7) is 5.42. The molecule has 1 fully saturated rings. The normalized spacial score (nSPS) is 15.4. The molecule has 1 atom stereocenters. The van der Waals surface area contributed by atoms with Gasteiger partial charge in [0.25, 0.3) is 0 Å². The maximum absolute atomic E-state index is 14.9. The van der Waals surface area contributed by atoms with Crippen LogP contribution >= 0.6 is 0 Å². The van der Waals surface area contributed by atoms with Gasteiger partial charge in [-0.05, 0) is 42.7 Å². The van der Waals surface area contributed by atoms with E-state index in [9.17, 15) is 9.18 Å². The van der Waals surface area contributed by atoms with Crippen LogP contribution in [0.2, 0.25) is 0 Å². The first-order valence-corrected chi connectivity index (χ1v) is 12.0. The molecular weight excluding hydrogens is 461 g/mol. The number of nitrogens with zero attached hydrogens (tertiary/aromatic N) is 5. The first-order chi connectivity index (χ1) is 17.4. The standard InChI is InChI=1S/C26H30FN7O2/c1-17-15-31-25-24(17)22(5-6-30-25)36-21-4-3-18(13-19(21)27)14-20(28)26(35)34-11-9-33(10-12-34)16-23-29-7-8-32(23)2/h3-8,13,15,20H,9-12,14,16,28H2,1-2H3,(H,30,31)/t20-/m0/s1. The molecule has 0 unspecified atom stereocenters. The van der Waals surface area contributed by atoms with E-state index in [4.69, 9.17) is 10.5 Å². The topological polar surface area (TPSA) is 105 Å². The smallest absolute Gasteiger partial charge is 0.239 e. The third-order valence-electron chi connectivity index (χ3n) is 6.69. The maximum atomic E-state index is 14.9. The first-order valence-electron chi connectivity index (χ1n) is 12.0. The lowest BCUT2D eigenvalue weighted by atomic mass is 10.0. The molecule has 4 aromatic rings. The minimum absolute atomic E-state index is 0.107. The van der Waals surface area contributed by atoms with Gasteiger partial charge in [-0.2, -0.15) is 0 Å². The fourth-order valence-electron chi connectivity index (χ4n) is 4.59. The van der Waals surface area contributed by atoms with Gasteiger partial charge in [-0.15, -0.1) is 0 Å². The number of pyridine rings is 1. The van der Waals surface area contributed by atoms with Crippen LogP contribution in [0.5, 0.6) is 11.5 Å². The third-order valence-corrected chi connectivity index (χ3v) is 6.69. The minimum atomic E-state index is -0.736. The van der Waals surface area contributed by atoms with Crippen molar-refractivity contribution in [1.82, 2.24) is 29.3 Å². The number of nitrogens with one attached hydrogen (secondary N) is 1. The summed E-state index contributed by atoms with van der Waals surface area (Å²) in [5, 5.41) is 0.814. The largest absolute Gasteiger partial charge is 0.453 e. The molecule has 3 aromatic heterocycles. The number of ether oxygens (including phenoxy) is 1. The summed E-state index contributed by atoms with van der Waals surface area (Å²) in [5.41, 5.74) is 8.54. The number of H-pyrrole nitrogens is 1. The van der Waals surface area contributed by atoms with Gasteiger partial charge >= 0.3 is 0 Å². The third kappa shape index (κ3) is 4.95. The Kier molecular flexibility index (Phi) is 6.71. The summed E-state index contributed by atoms with van der Waals surface area (Å²) >= 11 is 0. The van der Waals surface area contributed by atoms with E-state index in [-0.39, 0.29) is 18.1 Å². The fourth-order valence-corrected chi connectivity index (χ4v) is 4.59. The van der Waals surface area contributed by atoms with Crippen LogP contribution in [-0.4, -0.2) is 67.4 Å². The Bertz CT molecular complexity index is 1370. The molecule has 0 saturated carbocycles. The second-order valence-corrected chi connectivity index (χ2v) is 9.24. The monoisotopic (exact) mass is 491 g/mol. The number of hydrogen-bond donors (Lipinski definition) is 2. The average Bonchev–Trinajstić information content (AvgIpc) is 3.46. The highest BCUT2D eigenvalue weighted by molar-refractivity contribution is 5.86. The van der Waals surface area contributed by atoms with Gasteiger partial charge in [0, 0.05) is 58.0 Å². The van der Waals surface area contributed by atoms with Crippen LogP contribution in [-0.2, 0) is 24.8 Å². The minimum Gasteiger partial charge on any atom is -0.453 e. The molecule has 3 N–H and O–H groups in total. The number of aromatic nitrogens is 4. The molecule has 10 heteroatoms. The number of amides is 1. The molecular formula is C26H30FN7O2. The maximum Gasteiger partial charge on any atom is 0.239 e. The Hall–Kier alpha value is -3.76. The molecule has 5 rings (SSSR count). The number of benzene rings is 1. The summed E-state index contributed by atoms with van der Waals surface area (Å²) in [7, 11) is 1.98. The molecule has 1 aliphatic heterocycles. The molecule has 0 radical (unpaired) electrons. The molecule has 9 nitrogen and oxygen atoms in total. The number of halogens is 1. The Morgan fingerprint density at radius 3 is 2.69 bits per heavy atom. The molecule has 0 aliphatic carbocycles. The SMILES string of the molecule is Cc1c[nH]c2nccc(Oc3ccc(C[C@H](N)C(=O)N4CCN(Cc5nccn5C)CC4)cc3F)c12. The van der Waals surface area contributed by atoms with E-state index in [1.165, 1.54) is 6.07 Å². The van der Waals surface area contributed by atoms with Crippen molar-refractivity contribution in [3.8, 4) is 11.5 Å². The highest BCUT2D eigenvalue weighted by Gasteiger charge is 2.26. The summed E-state index contributed by atoms with van der Waals surface area (Å²) in [6.07, 6.45) is 7.42. The van der Waals surface area contributed by atoms with Crippen LogP contribution in [0.4, 0.5) is 4.39 Å². The van der Waals surface area contributed by atoms with Crippen molar-refractivity contribution in [3.63, 3.8) is 0 Å². The van der Waals surface area contributed by atoms with Gasteiger partial charge in [-0.3, -0.25) is 9.69 Å². The van der Waals surface area contributed by atoms with E-state index in [1.54, 1.807) is 35.5 Å². The van der Waals surface area contributed by atoms with Crippen molar-refractivity contribution in [3.05, 3.63) is 71.8 Å². The molecule has 0 bridgehead atoms. The van der Waals surface area contributed by atoms with Gasteiger partial charge in [-0.1, -0.05) is 6.07 Å². The number of hydrogen-bond acceptors (Lipinski definition) is 6. The second-order valence-electron chi connectivity index (χ2n) is 9.24. The van der Waals surface area contributed by atoms with E-state index < -0.39 is 11.9 Å². The zero-order valence-electron chi connectivity index (χ0n) is 20.4. The number of piperazine rings is 1. The summed E-state index contributed by atoms with van der Waals surface area (Å²) in [6, 6.07) is 5.68. The van der Waals surface area contributed by atoms with Crippen LogP contribution in [0.3, 0.4) is 0 Å². The number of rotatable bonds is 7. The Balaban J connectivity index is 1.18. The van der Waals surface area contributed by atoms with Crippen LogP contribution in [0.15, 0.2) is 49.1 Å². The fraction of sp³-hybridized carbons (Fsp3) is 0.346. The Morgan fingerprint density at radius 2 is 1.97 bits per heavy atom. The highest BCUT2D eigenvalue weighted by atomic mass is 19.1. The van der Waals surface area contributed by atoms with E-state index in [0.29, 0.717) is 30.0 Å². The van der Waals surface area contributed by atoms with Crippen LogP contribution < -0.4 is 10.5 Å². The van der Waals surface area contributed by atoms with Crippen LogP contribution in [0.1, 0.15) is 17.0 Å². The van der Waals surface area contributed by atoms with Gasteiger partial charge in [0.15, 0.2) is 11.6 Å². The molecule has 1 aromatic carbocycles. The summed E-state index contributed by atoms with van der Waals surface area (Å²) in [4.78, 5) is 28.7. The molecule has 1 saturated heterocycles. The van der Waals surface area contributed by atoms with Gasteiger partial charge in [-0.25, -0.2) is 14.4 Å². The Labute approximate surface area is 208 Å². The lowest BCUT2D eigenvalue weighted by molar-refractivity contribution is -0.134. The molecule has 4 heterocycles. The van der Waals surface area contributed by atoms with Crippen LogP contribution in [0.25, 0.3) is 11.0 Å². The van der Waals surface area contributed by atoms with Crippen molar-refractivity contribution >= 4 is 16.9 Å². The highest BCUT2D eigenvalue weighted by Crippen LogP contribution is 2.32. The zero-order valence-corrected chi connectivity index (χ0v) is 20.4. The van der Waals surface area contributed by atoms with E-state index in [2.05, 4.69) is 19.9 Å². The average molecular weight is 492 g/mol. The predicted octanol–water partition coefficient (Wildman–Crippen LogP) is 2.75.